The van der Waals surface area contributed by atoms with Crippen LogP contribution in [0.3, 0.4) is 0 Å². The first-order chi connectivity index (χ1) is 63.2. The number of amides is 8. The number of H-pyrrole nitrogens is 2. The molecule has 5 saturated heterocycles. The number of carbonyl (C=O) groups is 8. The predicted molar refractivity (Wildman–Crippen MR) is 521 cm³/mol. The number of nitrogens with zero attached hydrogens (tertiary/aromatic N) is 8. The number of carbonyl (C=O) groups excluding carboxylic acids is 8. The SMILES string of the molecule is C.CO.COC(=O)N[C@H](C(=O)N1CCC[C@H]1c1ncc(-c2ccc(-c3ccc4cc(C5=CN=C([C@@H]6[C@H]7CC[C@H](C7)N6C(=O)[C@@H](NC(=O)OC)C(C)C)C5)ccc4c3)cc2)[nH]1)C(C)C.COC(=O)N[C@H](C(=O)N1CCC[C@H]1c1ncc(-c2ccc(Br)cc2)[nH]1)C(C)C.COC(=O)N[C@H](C(=O)N1[C@@H]2CC[C@@H](C2)[C@H]1C1=NC=C(c2ccc3cc(B4OC(C)(C)C(C)(C)O4)ccc3c2)C1)C(C)C. The summed E-state index contributed by atoms with van der Waals surface area (Å²) >= 11 is 3.44. The fourth-order valence-electron chi connectivity index (χ4n) is 20.2. The Bertz CT molecular complexity index is 5690. The Hall–Kier alpha value is -11.5. The first-order valence-electron chi connectivity index (χ1n) is 46.2. The molecule has 17 rings (SSSR count). The van der Waals surface area contributed by atoms with Crippen molar-refractivity contribution in [2.24, 2.45) is 45.5 Å². The van der Waals surface area contributed by atoms with Crippen LogP contribution in [0.15, 0.2) is 161 Å². The third kappa shape index (κ3) is 21.3. The third-order valence-electron chi connectivity index (χ3n) is 28.0. The molecule has 0 radical (unpaired) electrons. The number of halogens is 1. The van der Waals surface area contributed by atoms with Gasteiger partial charge in [0.15, 0.2) is 0 Å². The molecule has 0 spiro atoms. The predicted octanol–water partition coefficient (Wildman–Crippen LogP) is 17.1. The highest BCUT2D eigenvalue weighted by atomic mass is 79.9. The van der Waals surface area contributed by atoms with Crippen molar-refractivity contribution in [2.45, 2.75) is 239 Å². The van der Waals surface area contributed by atoms with Crippen LogP contribution in [0.1, 0.15) is 202 Å². The van der Waals surface area contributed by atoms with Gasteiger partial charge in [0, 0.05) is 73.4 Å². The van der Waals surface area contributed by atoms with Gasteiger partial charge in [-0.3, -0.25) is 29.2 Å². The molecule has 31 heteroatoms. The van der Waals surface area contributed by atoms with Crippen LogP contribution in [0.25, 0.3) is 66.3 Å². The number of piperidine rings is 2. The number of fused-ring (bicyclic) bond motifs is 6. The lowest BCUT2D eigenvalue weighted by atomic mass is 9.78. The summed E-state index contributed by atoms with van der Waals surface area (Å²) in [6.45, 7) is 24.9. The van der Waals surface area contributed by atoms with E-state index in [0.29, 0.717) is 37.8 Å². The quantitative estimate of drug-likeness (QED) is 0.0245. The number of hydrogen-bond donors (Lipinski definition) is 7. The van der Waals surface area contributed by atoms with Crippen molar-refractivity contribution in [1.29, 1.82) is 0 Å². The zero-order valence-electron chi connectivity index (χ0n) is 78.7. The molecule has 0 unspecified atom stereocenters. The van der Waals surface area contributed by atoms with Crippen LogP contribution < -0.4 is 26.7 Å². The first-order valence-corrected chi connectivity index (χ1v) is 47.0. The summed E-state index contributed by atoms with van der Waals surface area (Å²) in [5.74, 6) is 1.66. The number of aliphatic imine (C=N–C) groups is 2. The van der Waals surface area contributed by atoms with Crippen LogP contribution in [-0.4, -0.2) is 219 Å². The number of nitrogens with one attached hydrogen (secondary N) is 6. The maximum absolute atomic E-state index is 14.0. The standard InChI is InChI=1S/C47H55N7O6.C33H42BN3O5.C20H25BrN4O3.CH4O.CH4/c1-26(2)40(51-46(57)59-5)44(55)53-19-7-8-39(53)43-49-25-38(50-43)29-11-9-28(10-12-29)30-13-14-32-21-33(16-15-31(32)20-30)35-23-37(48-24-35)42-34-17-18-36(22-34)54(42)45(56)41(27(3)4)52-47(58)60-6;1-19(2)28(36-31(39)40-7)30(38)37-26-13-11-23(16-26)29(37)27-17-24(18-35-27)21-8-9-22-15-25(12-10-20(22)14-21)34-41-32(3,4)33(5,6)42-34;1-12(2)17(24-20(27)28-3)19(26)25-10-4-5-16(25)18-22-11-15(23-18)13-6-8-14(21)9-7-13;1-2;/h9-16,20-21,24-27,34,36,39-42H,7-8,17-19,22-23H2,1-6H3,(H,49,50)(H,51,57)(H,52,58);8-10,12,14-15,18-19,23,26,28-29H,11,13,16-17H2,1-7H3,(H,36,39);6-9,11-12,16-17H,4-5,10H2,1-3H3,(H,22,23)(H,24,27);2H,1H3;1H4/t34-,36+,39-,40-,41-,42-;23-,26+,28-,29-;16-,17-;;/m000../s1. The number of hydrogen-bond acceptors (Lipinski definition) is 19. The van der Waals surface area contributed by atoms with Crippen molar-refractivity contribution in [3.05, 3.63) is 173 Å². The molecule has 12 atom stereocenters. The zero-order chi connectivity index (χ0) is 94.5. The fourth-order valence-corrected chi connectivity index (χ4v) is 20.4. The summed E-state index contributed by atoms with van der Waals surface area (Å²) in [6, 6.07) is 39.7. The largest absolute Gasteiger partial charge is 0.494 e. The second-order valence-corrected chi connectivity index (χ2v) is 39.1. The molecule has 2 aliphatic carbocycles. The molecule has 9 aliphatic rings. The maximum Gasteiger partial charge on any atom is 0.494 e. The summed E-state index contributed by atoms with van der Waals surface area (Å²) in [5.41, 5.74) is 12.9. The number of likely N-dealkylation sites (tertiary alicyclic amines) is 4. The van der Waals surface area contributed by atoms with E-state index in [1.54, 1.807) is 6.20 Å². The molecule has 8 aromatic rings. The van der Waals surface area contributed by atoms with Crippen molar-refractivity contribution in [3.63, 3.8) is 0 Å². The minimum absolute atomic E-state index is 0. The number of aromatic nitrogens is 4. The number of imidazole rings is 2. The monoisotopic (exact) mass is 1880 g/mol. The number of alkyl carbamates (subject to hydrolysis) is 4. The topological polar surface area (TPSA) is 355 Å². The molecule has 133 heavy (non-hydrogen) atoms. The van der Waals surface area contributed by atoms with E-state index in [0.717, 1.165) is 182 Å². The Labute approximate surface area is 788 Å². The molecule has 708 valence electrons. The lowest BCUT2D eigenvalue weighted by Crippen LogP contribution is -2.57. The molecule has 2 aromatic heterocycles. The van der Waals surface area contributed by atoms with Crippen LogP contribution >= 0.6 is 15.9 Å². The lowest BCUT2D eigenvalue weighted by Gasteiger charge is -2.38. The van der Waals surface area contributed by atoms with Crippen molar-refractivity contribution >= 4 is 121 Å². The van der Waals surface area contributed by atoms with Crippen LogP contribution in [0.4, 0.5) is 19.2 Å². The number of allylic oxidation sites excluding steroid dienone is 2. The van der Waals surface area contributed by atoms with Crippen molar-refractivity contribution in [1.82, 2.24) is 60.8 Å². The van der Waals surface area contributed by atoms with Gasteiger partial charge >= 0.3 is 31.5 Å². The molecular formula is C102H130BBrN14O15. The number of aromatic amines is 2. The Kier molecular flexibility index (Phi) is 31.5. The van der Waals surface area contributed by atoms with Gasteiger partial charge in [-0.1, -0.05) is 170 Å². The molecule has 7 N–H and O–H groups in total. The number of ether oxygens (including phenoxy) is 4. The smallest absolute Gasteiger partial charge is 0.453 e. The molecule has 4 bridgehead atoms. The highest BCUT2D eigenvalue weighted by Gasteiger charge is 2.55. The van der Waals surface area contributed by atoms with Crippen molar-refractivity contribution < 1.29 is 71.7 Å². The van der Waals surface area contributed by atoms with E-state index in [1.165, 1.54) is 28.4 Å². The highest BCUT2D eigenvalue weighted by molar-refractivity contribution is 9.10. The molecule has 7 fully saturated rings. The van der Waals surface area contributed by atoms with Gasteiger partial charge in [0.05, 0.1) is 87.6 Å². The average Bonchev–Trinajstić information content (AvgIpc) is 1.59. The first kappa shape index (κ1) is 99.0. The molecule has 8 amide bonds. The van der Waals surface area contributed by atoms with Gasteiger partial charge in [0.1, 0.15) is 35.8 Å². The van der Waals surface area contributed by atoms with Crippen LogP contribution in [0.2, 0.25) is 0 Å². The number of aliphatic hydroxyl groups excluding tert-OH is 1. The minimum atomic E-state index is -0.684. The molecule has 29 nitrogen and oxygen atoms in total. The van der Waals surface area contributed by atoms with E-state index in [-0.39, 0.29) is 102 Å². The summed E-state index contributed by atoms with van der Waals surface area (Å²) in [5, 5.41) is 22.5. The minimum Gasteiger partial charge on any atom is -0.453 e. The van der Waals surface area contributed by atoms with Gasteiger partial charge in [-0.2, -0.15) is 0 Å². The third-order valence-corrected chi connectivity index (χ3v) is 28.5. The number of rotatable bonds is 22. The van der Waals surface area contributed by atoms with Gasteiger partial charge in [-0.05, 0) is 229 Å². The summed E-state index contributed by atoms with van der Waals surface area (Å²) in [7, 11) is 5.84. The highest BCUT2D eigenvalue weighted by Crippen LogP contribution is 2.49. The normalized spacial score (nSPS) is 22.0. The number of aliphatic hydroxyl groups is 1. The average molecular weight is 1880 g/mol. The molecule has 9 heterocycles. The zero-order valence-corrected chi connectivity index (χ0v) is 80.3. The van der Waals surface area contributed by atoms with Gasteiger partial charge in [0.25, 0.3) is 0 Å². The molecule has 2 saturated carbocycles. The molecule has 6 aromatic carbocycles. The van der Waals surface area contributed by atoms with E-state index in [1.807, 2.05) is 118 Å². The maximum atomic E-state index is 14.0. The summed E-state index contributed by atoms with van der Waals surface area (Å²) in [4.78, 5) is 136. The van der Waals surface area contributed by atoms with E-state index in [2.05, 4.69) is 182 Å². The second kappa shape index (κ2) is 42.4. The van der Waals surface area contributed by atoms with Gasteiger partial charge in [-0.15, -0.1) is 0 Å². The van der Waals surface area contributed by atoms with E-state index in [4.69, 9.17) is 43.6 Å². The van der Waals surface area contributed by atoms with E-state index < -0.39 is 55.7 Å². The molecular weight excluding hydrogens is 1750 g/mol. The Balaban J connectivity index is 0.000000179. The fraction of sp³-hybridized carbons (Fsp3) is 0.490. The van der Waals surface area contributed by atoms with Crippen molar-refractivity contribution in [3.8, 4) is 33.6 Å². The van der Waals surface area contributed by atoms with E-state index in [9.17, 15) is 38.4 Å². The Morgan fingerprint density at radius 2 is 0.789 bits per heavy atom. The van der Waals surface area contributed by atoms with Crippen LogP contribution in [0, 0.1) is 35.5 Å². The summed E-state index contributed by atoms with van der Waals surface area (Å²) < 4.78 is 32.6. The second-order valence-electron chi connectivity index (χ2n) is 38.2. The lowest BCUT2D eigenvalue weighted by molar-refractivity contribution is -0.138. The van der Waals surface area contributed by atoms with Gasteiger partial charge in [0.2, 0.25) is 23.6 Å². The Morgan fingerprint density at radius 3 is 1.17 bits per heavy atom. The Morgan fingerprint density at radius 1 is 0.451 bits per heavy atom. The van der Waals surface area contributed by atoms with Crippen LogP contribution in [-0.2, 0) is 47.4 Å². The van der Waals surface area contributed by atoms with Crippen LogP contribution in [0.5, 0.6) is 0 Å². The number of methoxy groups -OCH3 is 4. The number of benzene rings is 6. The van der Waals surface area contributed by atoms with Crippen molar-refractivity contribution in [2.75, 3.05) is 48.6 Å². The van der Waals surface area contributed by atoms with Gasteiger partial charge < -0.3 is 84.2 Å². The summed E-state index contributed by atoms with van der Waals surface area (Å²) in [6.07, 6.45) is 16.1. The molecule has 7 aliphatic heterocycles. The van der Waals surface area contributed by atoms with Gasteiger partial charge in [-0.25, -0.2) is 29.1 Å². The van der Waals surface area contributed by atoms with E-state index >= 15 is 0 Å².